The molecule has 0 radical (unpaired) electrons. The summed E-state index contributed by atoms with van der Waals surface area (Å²) in [6, 6.07) is 8.39. The maximum atomic E-state index is 5.57. The van der Waals surface area contributed by atoms with Crippen LogP contribution < -0.4 is 5.73 Å². The van der Waals surface area contributed by atoms with Crippen molar-refractivity contribution in [2.75, 3.05) is 13.1 Å². The Morgan fingerprint density at radius 2 is 1.80 bits per heavy atom. The van der Waals surface area contributed by atoms with Gasteiger partial charge in [-0.15, -0.1) is 0 Å². The van der Waals surface area contributed by atoms with Crippen molar-refractivity contribution >= 4 is 5.70 Å². The van der Waals surface area contributed by atoms with Gasteiger partial charge in [-0.25, -0.2) is 0 Å². The summed E-state index contributed by atoms with van der Waals surface area (Å²) in [5.41, 5.74) is 9.11. The molecule has 1 saturated heterocycles. The Hall–Kier alpha value is -1.28. The van der Waals surface area contributed by atoms with E-state index in [1.807, 2.05) is 0 Å². The summed E-state index contributed by atoms with van der Waals surface area (Å²) >= 11 is 0. The molecular formula is C13H18N2. The number of benzene rings is 1. The second-order valence-electron chi connectivity index (χ2n) is 4.04. The van der Waals surface area contributed by atoms with Crippen molar-refractivity contribution < 1.29 is 0 Å². The van der Waals surface area contributed by atoms with Crippen LogP contribution in [0.1, 0.15) is 24.0 Å². The maximum absolute atomic E-state index is 5.57. The minimum Gasteiger partial charge on any atom is -0.372 e. The van der Waals surface area contributed by atoms with Crippen molar-refractivity contribution in [1.29, 1.82) is 0 Å². The Morgan fingerprint density at radius 1 is 1.20 bits per heavy atom. The number of hydrogen-bond acceptors (Lipinski definition) is 2. The Morgan fingerprint density at radius 3 is 2.33 bits per heavy atom. The van der Waals surface area contributed by atoms with Gasteiger partial charge in [0.1, 0.15) is 0 Å². The van der Waals surface area contributed by atoms with Crippen molar-refractivity contribution in [3.63, 3.8) is 0 Å². The second kappa shape index (κ2) is 4.49. The van der Waals surface area contributed by atoms with E-state index >= 15 is 0 Å². The first-order valence-corrected chi connectivity index (χ1v) is 5.54. The number of rotatable bonds is 3. The molecule has 2 heteroatoms. The maximum Gasteiger partial charge on any atom is 0.0366 e. The fourth-order valence-electron chi connectivity index (χ4n) is 2.00. The molecule has 2 N–H and O–H groups in total. The first-order chi connectivity index (χ1) is 7.31. The molecule has 0 aliphatic carbocycles. The lowest BCUT2D eigenvalue weighted by molar-refractivity contribution is 0.494. The van der Waals surface area contributed by atoms with Gasteiger partial charge in [-0.1, -0.05) is 30.8 Å². The first-order valence-electron chi connectivity index (χ1n) is 5.54. The fourth-order valence-corrected chi connectivity index (χ4v) is 2.00. The second-order valence-corrected chi connectivity index (χ2v) is 4.04. The molecule has 1 aromatic carbocycles. The van der Waals surface area contributed by atoms with Gasteiger partial charge in [0.2, 0.25) is 0 Å². The van der Waals surface area contributed by atoms with Crippen LogP contribution in [0, 0.1) is 0 Å². The third kappa shape index (κ3) is 2.21. The lowest BCUT2D eigenvalue weighted by Crippen LogP contribution is -2.16. The molecule has 0 amide bonds. The lowest BCUT2D eigenvalue weighted by Gasteiger charge is -2.20. The van der Waals surface area contributed by atoms with Crippen LogP contribution >= 0.6 is 0 Å². The van der Waals surface area contributed by atoms with Crippen molar-refractivity contribution in [2.24, 2.45) is 5.73 Å². The molecule has 2 nitrogen and oxygen atoms in total. The Labute approximate surface area is 91.4 Å². The van der Waals surface area contributed by atoms with E-state index in [0.717, 1.165) is 18.8 Å². The Balaban J connectivity index is 2.11. The van der Waals surface area contributed by atoms with E-state index in [4.69, 9.17) is 5.73 Å². The van der Waals surface area contributed by atoms with Gasteiger partial charge in [0.25, 0.3) is 0 Å². The average Bonchev–Trinajstić information content (AvgIpc) is 2.82. The highest BCUT2D eigenvalue weighted by molar-refractivity contribution is 5.62. The predicted molar refractivity (Wildman–Crippen MR) is 64.2 cm³/mol. The van der Waals surface area contributed by atoms with Gasteiger partial charge in [-0.3, -0.25) is 0 Å². The minimum atomic E-state index is 0.608. The average molecular weight is 202 g/mol. The largest absolute Gasteiger partial charge is 0.372 e. The normalized spacial score (nSPS) is 15.7. The summed E-state index contributed by atoms with van der Waals surface area (Å²) in [6.07, 6.45) is 2.58. The number of nitrogens with two attached hydrogens (primary N) is 1. The molecule has 1 heterocycles. The predicted octanol–water partition coefficient (Wildman–Crippen LogP) is 2.21. The molecule has 2 rings (SSSR count). The number of likely N-dealkylation sites (tertiary alicyclic amines) is 1. The standard InChI is InChI=1S/C13H18N2/c1-11(15-8-2-3-9-15)13-6-4-12(10-14)5-7-13/h4-7H,1-3,8-10,14H2. The summed E-state index contributed by atoms with van der Waals surface area (Å²) in [4.78, 5) is 2.36. The van der Waals surface area contributed by atoms with Crippen LogP contribution in [-0.4, -0.2) is 18.0 Å². The topological polar surface area (TPSA) is 29.3 Å². The molecule has 0 unspecified atom stereocenters. The molecule has 1 aliphatic heterocycles. The van der Waals surface area contributed by atoms with E-state index < -0.39 is 0 Å². The van der Waals surface area contributed by atoms with Gasteiger partial charge in [-0.05, 0) is 24.0 Å². The highest BCUT2D eigenvalue weighted by atomic mass is 15.1. The van der Waals surface area contributed by atoms with E-state index in [1.165, 1.54) is 24.0 Å². The van der Waals surface area contributed by atoms with E-state index in [2.05, 4.69) is 35.7 Å². The monoisotopic (exact) mass is 202 g/mol. The van der Waals surface area contributed by atoms with Crippen LogP contribution in [0.5, 0.6) is 0 Å². The molecule has 1 aliphatic rings. The zero-order chi connectivity index (χ0) is 10.7. The van der Waals surface area contributed by atoms with Crippen LogP contribution in [-0.2, 0) is 6.54 Å². The van der Waals surface area contributed by atoms with E-state index in [1.54, 1.807) is 0 Å². The quantitative estimate of drug-likeness (QED) is 0.814. The van der Waals surface area contributed by atoms with Crippen LogP contribution in [0.3, 0.4) is 0 Å². The zero-order valence-electron chi connectivity index (χ0n) is 9.08. The third-order valence-corrected chi connectivity index (χ3v) is 3.01. The van der Waals surface area contributed by atoms with Crippen molar-refractivity contribution in [3.8, 4) is 0 Å². The highest BCUT2D eigenvalue weighted by Crippen LogP contribution is 2.22. The minimum absolute atomic E-state index is 0.608. The molecule has 1 aromatic rings. The SMILES string of the molecule is C=C(c1ccc(CN)cc1)N1CCCC1. The van der Waals surface area contributed by atoms with Crippen molar-refractivity contribution in [3.05, 3.63) is 42.0 Å². The molecule has 1 fully saturated rings. The van der Waals surface area contributed by atoms with E-state index in [0.29, 0.717) is 6.54 Å². The van der Waals surface area contributed by atoms with Gasteiger partial charge >= 0.3 is 0 Å². The lowest BCUT2D eigenvalue weighted by atomic mass is 10.1. The van der Waals surface area contributed by atoms with Gasteiger partial charge in [0, 0.05) is 25.3 Å². The van der Waals surface area contributed by atoms with Crippen LogP contribution in [0.15, 0.2) is 30.8 Å². The van der Waals surface area contributed by atoms with E-state index in [-0.39, 0.29) is 0 Å². The summed E-state index contributed by atoms with van der Waals surface area (Å²) < 4.78 is 0. The highest BCUT2D eigenvalue weighted by Gasteiger charge is 2.13. The molecule has 80 valence electrons. The molecule has 0 saturated carbocycles. The Bertz CT molecular complexity index is 334. The Kier molecular flexibility index (Phi) is 3.07. The summed E-state index contributed by atoms with van der Waals surface area (Å²) in [6.45, 7) is 7.07. The van der Waals surface area contributed by atoms with Crippen LogP contribution in [0.25, 0.3) is 5.70 Å². The van der Waals surface area contributed by atoms with Gasteiger partial charge < -0.3 is 10.6 Å². The zero-order valence-corrected chi connectivity index (χ0v) is 9.08. The molecular weight excluding hydrogens is 184 g/mol. The van der Waals surface area contributed by atoms with Crippen molar-refractivity contribution in [1.82, 2.24) is 4.90 Å². The molecule has 0 atom stereocenters. The molecule has 0 bridgehead atoms. The van der Waals surface area contributed by atoms with Crippen LogP contribution in [0.2, 0.25) is 0 Å². The molecule has 15 heavy (non-hydrogen) atoms. The van der Waals surface area contributed by atoms with Gasteiger partial charge in [0.15, 0.2) is 0 Å². The van der Waals surface area contributed by atoms with Crippen molar-refractivity contribution in [2.45, 2.75) is 19.4 Å². The number of nitrogens with zero attached hydrogens (tertiary/aromatic N) is 1. The van der Waals surface area contributed by atoms with E-state index in [9.17, 15) is 0 Å². The third-order valence-electron chi connectivity index (χ3n) is 3.01. The molecule has 0 spiro atoms. The van der Waals surface area contributed by atoms with Gasteiger partial charge in [0.05, 0.1) is 0 Å². The fraction of sp³-hybridized carbons (Fsp3) is 0.385. The summed E-state index contributed by atoms with van der Waals surface area (Å²) in [5.74, 6) is 0. The smallest absolute Gasteiger partial charge is 0.0366 e. The summed E-state index contributed by atoms with van der Waals surface area (Å²) in [7, 11) is 0. The first kappa shape index (κ1) is 10.2. The summed E-state index contributed by atoms with van der Waals surface area (Å²) in [5, 5.41) is 0. The van der Waals surface area contributed by atoms with Crippen LogP contribution in [0.4, 0.5) is 0 Å². The number of hydrogen-bond donors (Lipinski definition) is 1. The molecule has 0 aromatic heterocycles. The van der Waals surface area contributed by atoms with Gasteiger partial charge in [-0.2, -0.15) is 0 Å².